The molecule has 1 heterocycles. The van der Waals surface area contributed by atoms with E-state index in [9.17, 15) is 32.9 Å². The van der Waals surface area contributed by atoms with Gasteiger partial charge in [-0.25, -0.2) is 0 Å². The number of ketones is 1. The number of carbonyl (C=O) groups excluding carboxylic acids is 2. The van der Waals surface area contributed by atoms with E-state index in [4.69, 9.17) is 0 Å². The average molecular weight is 444 g/mol. The van der Waals surface area contributed by atoms with Crippen LogP contribution in [0.3, 0.4) is 0 Å². The van der Waals surface area contributed by atoms with Gasteiger partial charge in [-0.3, -0.25) is 24.6 Å². The first-order chi connectivity index (χ1) is 15.1. The zero-order chi connectivity index (χ0) is 23.2. The number of nitro benzene ring substituents is 1. The zero-order valence-corrected chi connectivity index (χ0v) is 17.1. The van der Waals surface area contributed by atoms with Gasteiger partial charge < -0.3 is 0 Å². The maximum absolute atomic E-state index is 13.2. The number of hydrogen-bond acceptors (Lipinski definition) is 4. The van der Waals surface area contributed by atoms with E-state index in [1.165, 1.54) is 29.2 Å². The second-order valence-electron chi connectivity index (χ2n) is 7.99. The number of rotatable bonds is 3. The molecule has 0 radical (unpaired) electrons. The van der Waals surface area contributed by atoms with Gasteiger partial charge in [0.2, 0.25) is 5.91 Å². The molecule has 2 aromatic rings. The molecule has 0 fully saturated rings. The quantitative estimate of drug-likeness (QED) is 0.466. The molecule has 0 saturated heterocycles. The third-order valence-corrected chi connectivity index (χ3v) is 5.88. The van der Waals surface area contributed by atoms with Crippen LogP contribution in [-0.2, 0) is 15.8 Å². The highest BCUT2D eigenvalue weighted by molar-refractivity contribution is 6.08. The Bertz CT molecular complexity index is 1150. The van der Waals surface area contributed by atoms with Crippen LogP contribution in [0.25, 0.3) is 0 Å². The topological polar surface area (TPSA) is 80.5 Å². The van der Waals surface area contributed by atoms with Crippen molar-refractivity contribution in [2.75, 3.05) is 4.90 Å². The van der Waals surface area contributed by atoms with Crippen molar-refractivity contribution in [3.05, 3.63) is 80.5 Å². The van der Waals surface area contributed by atoms with E-state index in [0.29, 0.717) is 35.2 Å². The summed E-state index contributed by atoms with van der Waals surface area (Å²) in [6, 6.07) is 8.97. The second kappa shape index (κ2) is 7.89. The molecule has 9 heteroatoms. The highest BCUT2D eigenvalue weighted by atomic mass is 19.4. The van der Waals surface area contributed by atoms with Crippen LogP contribution in [0.15, 0.2) is 53.7 Å². The average Bonchev–Trinajstić information content (AvgIpc) is 2.73. The number of halogens is 3. The molecule has 1 atom stereocenters. The molecular formula is C23H19F3N2O4. The maximum atomic E-state index is 13.2. The third kappa shape index (κ3) is 3.79. The van der Waals surface area contributed by atoms with Crippen LogP contribution in [-0.4, -0.2) is 16.6 Å². The van der Waals surface area contributed by atoms with Crippen LogP contribution in [0.5, 0.6) is 0 Å². The Morgan fingerprint density at radius 1 is 1.06 bits per heavy atom. The predicted octanol–water partition coefficient (Wildman–Crippen LogP) is 5.45. The highest BCUT2D eigenvalue weighted by Crippen LogP contribution is 2.45. The van der Waals surface area contributed by atoms with Crippen molar-refractivity contribution in [2.24, 2.45) is 0 Å². The number of nitro groups is 1. The first-order valence-corrected chi connectivity index (χ1v) is 10.1. The van der Waals surface area contributed by atoms with Gasteiger partial charge in [0.25, 0.3) is 5.69 Å². The fourth-order valence-corrected chi connectivity index (χ4v) is 4.43. The lowest BCUT2D eigenvalue weighted by atomic mass is 9.77. The number of aryl methyl sites for hydroxylation is 1. The number of Topliss-reactive ketones (excluding diaryl/α,β-unsaturated/α-hetero) is 1. The summed E-state index contributed by atoms with van der Waals surface area (Å²) in [6.45, 7) is 1.70. The van der Waals surface area contributed by atoms with Gasteiger partial charge in [0.05, 0.1) is 10.5 Å². The molecule has 2 aliphatic rings. The smallest absolute Gasteiger partial charge is 0.294 e. The molecule has 0 bridgehead atoms. The van der Waals surface area contributed by atoms with Gasteiger partial charge in [-0.15, -0.1) is 0 Å². The number of nitrogens with zero attached hydrogens (tertiary/aromatic N) is 2. The largest absolute Gasteiger partial charge is 0.416 e. The third-order valence-electron chi connectivity index (χ3n) is 5.88. The minimum absolute atomic E-state index is 0.0960. The van der Waals surface area contributed by atoms with Crippen molar-refractivity contribution >= 4 is 23.1 Å². The Morgan fingerprint density at radius 2 is 1.75 bits per heavy atom. The van der Waals surface area contributed by atoms with E-state index in [1.54, 1.807) is 13.0 Å². The van der Waals surface area contributed by atoms with Crippen molar-refractivity contribution in [1.29, 1.82) is 0 Å². The molecule has 166 valence electrons. The summed E-state index contributed by atoms with van der Waals surface area (Å²) >= 11 is 0. The number of allylic oxidation sites excluding steroid dienone is 2. The first kappa shape index (κ1) is 21.7. The van der Waals surface area contributed by atoms with Gasteiger partial charge >= 0.3 is 6.18 Å². The van der Waals surface area contributed by atoms with Gasteiger partial charge in [0, 0.05) is 36.1 Å². The molecular weight excluding hydrogens is 425 g/mol. The Morgan fingerprint density at radius 3 is 2.38 bits per heavy atom. The molecule has 1 aliphatic carbocycles. The lowest BCUT2D eigenvalue weighted by molar-refractivity contribution is -0.384. The minimum atomic E-state index is -4.49. The predicted molar refractivity (Wildman–Crippen MR) is 110 cm³/mol. The van der Waals surface area contributed by atoms with Gasteiger partial charge in [0.1, 0.15) is 5.69 Å². The van der Waals surface area contributed by atoms with Crippen molar-refractivity contribution in [3.8, 4) is 0 Å². The number of benzene rings is 2. The molecule has 1 aliphatic heterocycles. The van der Waals surface area contributed by atoms with Crippen LogP contribution in [0, 0.1) is 17.0 Å². The second-order valence-corrected chi connectivity index (χ2v) is 7.99. The maximum Gasteiger partial charge on any atom is 0.416 e. The van der Waals surface area contributed by atoms with Crippen molar-refractivity contribution in [1.82, 2.24) is 0 Å². The normalized spacial score (nSPS) is 19.2. The van der Waals surface area contributed by atoms with E-state index < -0.39 is 28.5 Å². The molecule has 32 heavy (non-hydrogen) atoms. The van der Waals surface area contributed by atoms with Gasteiger partial charge in [-0.1, -0.05) is 18.2 Å². The SMILES string of the molecule is Cc1ccc(N2C(=O)CC(c3ccc(C(F)(F)F)cc3)C3=C2CCCC3=O)c([N+](=O)[O-])c1. The highest BCUT2D eigenvalue weighted by Gasteiger charge is 2.41. The van der Waals surface area contributed by atoms with Crippen LogP contribution < -0.4 is 4.90 Å². The monoisotopic (exact) mass is 444 g/mol. The molecule has 0 N–H and O–H groups in total. The summed E-state index contributed by atoms with van der Waals surface area (Å²) in [5.41, 5.74) is 0.882. The van der Waals surface area contributed by atoms with Crippen LogP contribution >= 0.6 is 0 Å². The Balaban J connectivity index is 1.85. The van der Waals surface area contributed by atoms with E-state index in [2.05, 4.69) is 0 Å². The van der Waals surface area contributed by atoms with Crippen LogP contribution in [0.1, 0.15) is 48.3 Å². The van der Waals surface area contributed by atoms with Gasteiger partial charge in [-0.05, 0) is 49.1 Å². The summed E-state index contributed by atoms with van der Waals surface area (Å²) in [5.74, 6) is -1.31. The number of carbonyl (C=O) groups is 2. The first-order valence-electron chi connectivity index (χ1n) is 10.1. The summed E-state index contributed by atoms with van der Waals surface area (Å²) in [7, 11) is 0. The van der Waals surface area contributed by atoms with E-state index in [0.717, 1.165) is 12.1 Å². The fourth-order valence-electron chi connectivity index (χ4n) is 4.43. The Hall–Kier alpha value is -3.49. The Kier molecular flexibility index (Phi) is 5.36. The van der Waals surface area contributed by atoms with Crippen molar-refractivity contribution in [3.63, 3.8) is 0 Å². The standard InChI is InChI=1S/C23H19F3N2O4/c1-13-5-10-17(19(11-13)28(31)32)27-18-3-2-4-20(29)22(18)16(12-21(27)30)14-6-8-15(9-7-14)23(24,25)26/h5-11,16H,2-4,12H2,1H3. The lowest BCUT2D eigenvalue weighted by Gasteiger charge is -2.38. The molecule has 0 aromatic heterocycles. The summed E-state index contributed by atoms with van der Waals surface area (Å²) in [4.78, 5) is 38.4. The van der Waals surface area contributed by atoms with Gasteiger partial charge in [-0.2, -0.15) is 13.2 Å². The van der Waals surface area contributed by atoms with Crippen LogP contribution in [0.2, 0.25) is 0 Å². The molecule has 1 amide bonds. The number of hydrogen-bond donors (Lipinski definition) is 0. The molecule has 0 spiro atoms. The Labute approximate surface area is 181 Å². The van der Waals surface area contributed by atoms with E-state index in [-0.39, 0.29) is 30.0 Å². The van der Waals surface area contributed by atoms with E-state index >= 15 is 0 Å². The van der Waals surface area contributed by atoms with Crippen molar-refractivity contribution in [2.45, 2.75) is 44.7 Å². The van der Waals surface area contributed by atoms with E-state index in [1.807, 2.05) is 0 Å². The number of alkyl halides is 3. The summed E-state index contributed by atoms with van der Waals surface area (Å²) < 4.78 is 38.8. The summed E-state index contributed by atoms with van der Waals surface area (Å²) in [5, 5.41) is 11.6. The van der Waals surface area contributed by atoms with Gasteiger partial charge in [0.15, 0.2) is 5.78 Å². The minimum Gasteiger partial charge on any atom is -0.294 e. The molecule has 2 aromatic carbocycles. The van der Waals surface area contributed by atoms with Crippen molar-refractivity contribution < 1.29 is 27.7 Å². The summed E-state index contributed by atoms with van der Waals surface area (Å²) in [6.07, 6.45) is -3.54. The molecule has 0 saturated carbocycles. The zero-order valence-electron chi connectivity index (χ0n) is 17.1. The molecule has 4 rings (SSSR count). The number of anilines is 1. The fraction of sp³-hybridized carbons (Fsp3) is 0.304. The number of amides is 1. The van der Waals surface area contributed by atoms with Crippen LogP contribution in [0.4, 0.5) is 24.5 Å². The molecule has 1 unspecified atom stereocenters. The molecule has 6 nitrogen and oxygen atoms in total. The lowest BCUT2D eigenvalue weighted by Crippen LogP contribution is -2.40.